The van der Waals surface area contributed by atoms with Crippen LogP contribution < -0.4 is 10.1 Å². The van der Waals surface area contributed by atoms with Crippen molar-refractivity contribution in [3.05, 3.63) is 48.8 Å². The SMILES string of the molecule is CCOc1ccc(-n2c(SCC(=O)N[C@@H]3CCC[C@H](C)[C@H]3C)nnc2-c2cccnc2)cc1. The summed E-state index contributed by atoms with van der Waals surface area (Å²) in [6.07, 6.45) is 6.96. The number of hydrogen-bond acceptors (Lipinski definition) is 6. The molecule has 0 saturated heterocycles. The van der Waals surface area contributed by atoms with Gasteiger partial charge in [0.2, 0.25) is 5.91 Å². The van der Waals surface area contributed by atoms with Crippen molar-refractivity contribution in [2.24, 2.45) is 11.8 Å². The molecule has 2 aromatic heterocycles. The number of amides is 1. The molecule has 1 amide bonds. The fraction of sp³-hybridized carbons (Fsp3) is 0.440. The third-order valence-corrected chi connectivity index (χ3v) is 7.27. The summed E-state index contributed by atoms with van der Waals surface area (Å²) in [6.45, 7) is 7.09. The van der Waals surface area contributed by atoms with Gasteiger partial charge in [-0.3, -0.25) is 14.3 Å². The molecule has 0 radical (unpaired) electrons. The Kier molecular flexibility index (Phi) is 7.65. The van der Waals surface area contributed by atoms with Gasteiger partial charge in [0.1, 0.15) is 5.75 Å². The summed E-state index contributed by atoms with van der Waals surface area (Å²) in [6, 6.07) is 11.9. The smallest absolute Gasteiger partial charge is 0.230 e. The first kappa shape index (κ1) is 23.3. The van der Waals surface area contributed by atoms with Gasteiger partial charge in [-0.05, 0) is 61.6 Å². The topological polar surface area (TPSA) is 81.9 Å². The molecule has 4 rings (SSSR count). The van der Waals surface area contributed by atoms with Crippen LogP contribution in [0.5, 0.6) is 5.75 Å². The number of hydrogen-bond donors (Lipinski definition) is 1. The molecule has 1 aromatic carbocycles. The molecule has 1 aliphatic rings. The maximum atomic E-state index is 12.8. The fourth-order valence-corrected chi connectivity index (χ4v) is 5.06. The number of rotatable bonds is 8. The summed E-state index contributed by atoms with van der Waals surface area (Å²) < 4.78 is 7.55. The number of carbonyl (C=O) groups is 1. The molecule has 0 aliphatic heterocycles. The Bertz CT molecular complexity index is 1050. The lowest BCUT2D eigenvalue weighted by atomic mass is 9.78. The summed E-state index contributed by atoms with van der Waals surface area (Å²) in [4.78, 5) is 17.0. The van der Waals surface area contributed by atoms with Crippen LogP contribution in [-0.4, -0.2) is 44.1 Å². The van der Waals surface area contributed by atoms with Crippen LogP contribution in [0, 0.1) is 11.8 Å². The predicted octanol–water partition coefficient (Wildman–Crippen LogP) is 4.76. The van der Waals surface area contributed by atoms with Crippen molar-refractivity contribution in [3.8, 4) is 22.8 Å². The summed E-state index contributed by atoms with van der Waals surface area (Å²) in [5.74, 6) is 2.96. The van der Waals surface area contributed by atoms with E-state index in [1.165, 1.54) is 24.6 Å². The van der Waals surface area contributed by atoms with Crippen molar-refractivity contribution < 1.29 is 9.53 Å². The van der Waals surface area contributed by atoms with E-state index < -0.39 is 0 Å². The Labute approximate surface area is 199 Å². The Morgan fingerprint density at radius 3 is 2.73 bits per heavy atom. The molecule has 33 heavy (non-hydrogen) atoms. The van der Waals surface area contributed by atoms with E-state index >= 15 is 0 Å². The molecule has 3 atom stereocenters. The van der Waals surface area contributed by atoms with Gasteiger partial charge >= 0.3 is 0 Å². The second-order valence-electron chi connectivity index (χ2n) is 8.54. The molecular formula is C25H31N5O2S. The van der Waals surface area contributed by atoms with E-state index in [4.69, 9.17) is 4.74 Å². The van der Waals surface area contributed by atoms with Crippen molar-refractivity contribution in [2.45, 2.75) is 51.2 Å². The molecule has 1 saturated carbocycles. The van der Waals surface area contributed by atoms with Crippen LogP contribution in [0.15, 0.2) is 53.9 Å². The molecule has 8 heteroatoms. The maximum absolute atomic E-state index is 12.8. The highest BCUT2D eigenvalue weighted by Crippen LogP contribution is 2.31. The number of carbonyl (C=O) groups excluding carboxylic acids is 1. The largest absolute Gasteiger partial charge is 0.494 e. The molecule has 2 heterocycles. The first-order chi connectivity index (χ1) is 16.1. The van der Waals surface area contributed by atoms with Crippen LogP contribution in [-0.2, 0) is 4.79 Å². The van der Waals surface area contributed by atoms with E-state index in [2.05, 4.69) is 34.3 Å². The maximum Gasteiger partial charge on any atom is 0.230 e. The van der Waals surface area contributed by atoms with Crippen LogP contribution in [0.25, 0.3) is 17.1 Å². The molecule has 0 unspecified atom stereocenters. The monoisotopic (exact) mass is 465 g/mol. The number of benzene rings is 1. The number of ether oxygens (including phenoxy) is 1. The van der Waals surface area contributed by atoms with Crippen LogP contribution >= 0.6 is 11.8 Å². The Hall–Kier alpha value is -2.87. The van der Waals surface area contributed by atoms with E-state index in [0.29, 0.717) is 35.2 Å². The molecule has 1 fully saturated rings. The first-order valence-electron chi connectivity index (χ1n) is 11.6. The highest BCUT2D eigenvalue weighted by atomic mass is 32.2. The van der Waals surface area contributed by atoms with Crippen molar-refractivity contribution in [1.29, 1.82) is 0 Å². The zero-order chi connectivity index (χ0) is 23.2. The van der Waals surface area contributed by atoms with Gasteiger partial charge in [0.25, 0.3) is 0 Å². The average Bonchev–Trinajstić information content (AvgIpc) is 3.26. The second kappa shape index (κ2) is 10.8. The van der Waals surface area contributed by atoms with Crippen molar-refractivity contribution in [2.75, 3.05) is 12.4 Å². The molecular weight excluding hydrogens is 434 g/mol. The highest BCUT2D eigenvalue weighted by molar-refractivity contribution is 7.99. The van der Waals surface area contributed by atoms with E-state index in [-0.39, 0.29) is 11.9 Å². The number of aromatic nitrogens is 4. The molecule has 1 aliphatic carbocycles. The number of nitrogens with one attached hydrogen (secondary N) is 1. The Morgan fingerprint density at radius 1 is 1.18 bits per heavy atom. The number of nitrogens with zero attached hydrogens (tertiary/aromatic N) is 4. The van der Waals surface area contributed by atoms with Crippen LogP contribution in [0.1, 0.15) is 40.0 Å². The lowest BCUT2D eigenvalue weighted by Crippen LogP contribution is -2.44. The molecule has 0 spiro atoms. The minimum absolute atomic E-state index is 0.0371. The van der Waals surface area contributed by atoms with Crippen molar-refractivity contribution in [3.63, 3.8) is 0 Å². The lowest BCUT2D eigenvalue weighted by Gasteiger charge is -2.34. The number of thioether (sulfide) groups is 1. The normalized spacial score (nSPS) is 20.4. The van der Waals surface area contributed by atoms with Crippen molar-refractivity contribution in [1.82, 2.24) is 25.1 Å². The third-order valence-electron chi connectivity index (χ3n) is 6.34. The minimum Gasteiger partial charge on any atom is -0.494 e. The van der Waals surface area contributed by atoms with Gasteiger partial charge in [-0.1, -0.05) is 38.5 Å². The van der Waals surface area contributed by atoms with Gasteiger partial charge in [-0.25, -0.2) is 0 Å². The van der Waals surface area contributed by atoms with Crippen LogP contribution in [0.3, 0.4) is 0 Å². The second-order valence-corrected chi connectivity index (χ2v) is 9.48. The molecule has 1 N–H and O–H groups in total. The van der Waals surface area contributed by atoms with Crippen molar-refractivity contribution >= 4 is 17.7 Å². The molecule has 3 aromatic rings. The zero-order valence-electron chi connectivity index (χ0n) is 19.4. The molecule has 7 nitrogen and oxygen atoms in total. The van der Waals surface area contributed by atoms with Gasteiger partial charge in [-0.15, -0.1) is 10.2 Å². The Balaban J connectivity index is 1.54. The number of pyridine rings is 1. The highest BCUT2D eigenvalue weighted by Gasteiger charge is 2.28. The summed E-state index contributed by atoms with van der Waals surface area (Å²) in [5, 5.41) is 12.7. The quantitative estimate of drug-likeness (QED) is 0.483. The zero-order valence-corrected chi connectivity index (χ0v) is 20.2. The standard InChI is InChI=1S/C25H31N5O2S/c1-4-32-21-12-10-20(11-13-21)30-24(19-8-6-14-26-15-19)28-29-25(30)33-16-23(31)27-22-9-5-7-17(2)18(22)3/h6,8,10-15,17-18,22H,4-5,7,9,16H2,1-3H3,(H,27,31)/t17-,18+,22+/m0/s1. The van der Waals surface area contributed by atoms with Gasteiger partial charge < -0.3 is 10.1 Å². The van der Waals surface area contributed by atoms with Crippen LogP contribution in [0.2, 0.25) is 0 Å². The average molecular weight is 466 g/mol. The predicted molar refractivity (Wildman–Crippen MR) is 131 cm³/mol. The van der Waals surface area contributed by atoms with E-state index in [1.54, 1.807) is 12.4 Å². The summed E-state index contributed by atoms with van der Waals surface area (Å²) in [5.41, 5.74) is 1.76. The fourth-order valence-electron chi connectivity index (χ4n) is 4.30. The van der Waals surface area contributed by atoms with Crippen LogP contribution in [0.4, 0.5) is 0 Å². The van der Waals surface area contributed by atoms with E-state index in [0.717, 1.165) is 23.4 Å². The first-order valence-corrected chi connectivity index (χ1v) is 12.6. The summed E-state index contributed by atoms with van der Waals surface area (Å²) >= 11 is 1.40. The lowest BCUT2D eigenvalue weighted by molar-refractivity contribution is -0.120. The Morgan fingerprint density at radius 2 is 2.00 bits per heavy atom. The minimum atomic E-state index is 0.0371. The van der Waals surface area contributed by atoms with Gasteiger partial charge in [0.15, 0.2) is 11.0 Å². The van der Waals surface area contributed by atoms with Gasteiger partial charge in [0.05, 0.1) is 12.4 Å². The molecule has 0 bridgehead atoms. The third kappa shape index (κ3) is 5.55. The van der Waals surface area contributed by atoms with E-state index in [1.807, 2.05) is 47.9 Å². The van der Waals surface area contributed by atoms with Gasteiger partial charge in [0, 0.05) is 29.7 Å². The van der Waals surface area contributed by atoms with Gasteiger partial charge in [-0.2, -0.15) is 0 Å². The van der Waals surface area contributed by atoms with E-state index in [9.17, 15) is 4.79 Å². The molecule has 174 valence electrons. The summed E-state index contributed by atoms with van der Waals surface area (Å²) in [7, 11) is 0.